The Balaban J connectivity index is 1.93. The average Bonchev–Trinajstić information content (AvgIpc) is 2.62. The molecule has 0 aliphatic carbocycles. The number of nitrogens with zero attached hydrogens (tertiary/aromatic N) is 1. The van der Waals surface area contributed by atoms with Gasteiger partial charge in [-0.15, -0.1) is 0 Å². The molecule has 150 valence electrons. The predicted octanol–water partition coefficient (Wildman–Crippen LogP) is 4.18. The van der Waals surface area contributed by atoms with Crippen LogP contribution in [0.2, 0.25) is 0 Å². The molecule has 0 aromatic heterocycles. The number of benzene rings is 2. The van der Waals surface area contributed by atoms with E-state index in [1.807, 2.05) is 46.8 Å². The van der Waals surface area contributed by atoms with Gasteiger partial charge in [0.15, 0.2) is 6.61 Å². The van der Waals surface area contributed by atoms with Crippen LogP contribution in [-0.2, 0) is 4.79 Å². The van der Waals surface area contributed by atoms with Gasteiger partial charge in [-0.05, 0) is 70.0 Å². The third kappa shape index (κ3) is 5.74. The van der Waals surface area contributed by atoms with Crippen molar-refractivity contribution in [3.63, 3.8) is 0 Å². The lowest BCUT2D eigenvalue weighted by atomic mass is 10.1. The molecule has 0 saturated heterocycles. The van der Waals surface area contributed by atoms with E-state index in [1.165, 1.54) is 4.90 Å². The Morgan fingerprint density at radius 2 is 1.61 bits per heavy atom. The number of aryl methyl sites for hydroxylation is 3. The molecule has 2 rings (SSSR count). The predicted molar refractivity (Wildman–Crippen MR) is 113 cm³/mol. The Bertz CT molecular complexity index is 822. The van der Waals surface area contributed by atoms with Crippen LogP contribution in [0.1, 0.15) is 30.5 Å². The zero-order valence-electron chi connectivity index (χ0n) is 17.4. The molecule has 2 aromatic rings. The summed E-state index contributed by atoms with van der Waals surface area (Å²) < 4.78 is 5.57. The molecule has 6 nitrogen and oxygen atoms in total. The van der Waals surface area contributed by atoms with Gasteiger partial charge in [0.05, 0.1) is 0 Å². The van der Waals surface area contributed by atoms with E-state index >= 15 is 0 Å². The number of amides is 3. The second-order valence-electron chi connectivity index (χ2n) is 7.27. The minimum absolute atomic E-state index is 0.0665. The van der Waals surface area contributed by atoms with Gasteiger partial charge in [-0.25, -0.2) is 4.79 Å². The topological polar surface area (TPSA) is 70.7 Å². The first-order valence-corrected chi connectivity index (χ1v) is 9.32. The number of hydrogen-bond donors (Lipinski definition) is 2. The van der Waals surface area contributed by atoms with Gasteiger partial charge in [0, 0.05) is 24.5 Å². The monoisotopic (exact) mass is 383 g/mol. The molecule has 0 saturated carbocycles. The van der Waals surface area contributed by atoms with Crippen molar-refractivity contribution in [1.29, 1.82) is 0 Å². The maximum absolute atomic E-state index is 12.2. The average molecular weight is 383 g/mol. The summed E-state index contributed by atoms with van der Waals surface area (Å²) in [6.45, 7) is 9.71. The highest BCUT2D eigenvalue weighted by Gasteiger charge is 2.12. The Kier molecular flexibility index (Phi) is 7.04. The zero-order valence-corrected chi connectivity index (χ0v) is 17.4. The van der Waals surface area contributed by atoms with Crippen LogP contribution in [0.4, 0.5) is 16.2 Å². The van der Waals surface area contributed by atoms with Gasteiger partial charge in [0.1, 0.15) is 5.75 Å². The maximum atomic E-state index is 12.2. The second-order valence-corrected chi connectivity index (χ2v) is 7.27. The van der Waals surface area contributed by atoms with Crippen LogP contribution < -0.4 is 20.3 Å². The van der Waals surface area contributed by atoms with Gasteiger partial charge in [0.2, 0.25) is 0 Å². The van der Waals surface area contributed by atoms with E-state index in [4.69, 9.17) is 4.74 Å². The Hall–Kier alpha value is -3.02. The van der Waals surface area contributed by atoms with Gasteiger partial charge in [0.25, 0.3) is 5.91 Å². The Morgan fingerprint density at radius 3 is 2.14 bits per heavy atom. The van der Waals surface area contributed by atoms with E-state index < -0.39 is 0 Å². The zero-order chi connectivity index (χ0) is 20.8. The largest absolute Gasteiger partial charge is 0.484 e. The first-order valence-electron chi connectivity index (χ1n) is 9.32. The molecule has 0 aliphatic rings. The van der Waals surface area contributed by atoms with Crippen molar-refractivity contribution >= 4 is 23.3 Å². The number of anilines is 2. The first-order chi connectivity index (χ1) is 13.2. The molecule has 2 aromatic carbocycles. The summed E-state index contributed by atoms with van der Waals surface area (Å²) in [5.41, 5.74) is 4.78. The SMILES string of the molecule is Cc1cc(C)c(NC(=O)COc2ccc(N(C)C(=O)NC(C)C)cc2)c(C)c1. The molecule has 2 N–H and O–H groups in total. The molecule has 0 radical (unpaired) electrons. The quantitative estimate of drug-likeness (QED) is 0.786. The second kappa shape index (κ2) is 9.26. The normalized spacial score (nSPS) is 10.5. The van der Waals surface area contributed by atoms with Crippen LogP contribution in [0.5, 0.6) is 5.75 Å². The maximum Gasteiger partial charge on any atom is 0.321 e. The summed E-state index contributed by atoms with van der Waals surface area (Å²) in [4.78, 5) is 25.8. The minimum atomic E-state index is -0.215. The number of rotatable bonds is 6. The highest BCUT2D eigenvalue weighted by molar-refractivity contribution is 5.93. The summed E-state index contributed by atoms with van der Waals surface area (Å²) in [7, 11) is 1.70. The van der Waals surface area contributed by atoms with Crippen molar-refractivity contribution in [2.45, 2.75) is 40.7 Å². The number of nitrogens with one attached hydrogen (secondary N) is 2. The third-order valence-corrected chi connectivity index (χ3v) is 4.25. The minimum Gasteiger partial charge on any atom is -0.484 e. The fourth-order valence-electron chi connectivity index (χ4n) is 2.93. The summed E-state index contributed by atoms with van der Waals surface area (Å²) >= 11 is 0. The van der Waals surface area contributed by atoms with E-state index in [0.717, 1.165) is 28.1 Å². The van der Waals surface area contributed by atoms with E-state index in [2.05, 4.69) is 10.6 Å². The lowest BCUT2D eigenvalue weighted by molar-refractivity contribution is -0.118. The summed E-state index contributed by atoms with van der Waals surface area (Å²) in [5.74, 6) is 0.349. The highest BCUT2D eigenvalue weighted by atomic mass is 16.5. The van der Waals surface area contributed by atoms with Crippen LogP contribution in [0.25, 0.3) is 0 Å². The number of ether oxygens (including phenoxy) is 1. The third-order valence-electron chi connectivity index (χ3n) is 4.25. The smallest absolute Gasteiger partial charge is 0.321 e. The fraction of sp³-hybridized carbons (Fsp3) is 0.364. The number of carbonyl (C=O) groups is 2. The van der Waals surface area contributed by atoms with Crippen LogP contribution in [0, 0.1) is 20.8 Å². The molecule has 3 amide bonds. The number of hydrogen-bond acceptors (Lipinski definition) is 3. The van der Waals surface area contributed by atoms with Gasteiger partial charge in [-0.3, -0.25) is 9.69 Å². The van der Waals surface area contributed by atoms with E-state index in [1.54, 1.807) is 31.3 Å². The van der Waals surface area contributed by atoms with Crippen molar-refractivity contribution in [3.8, 4) is 5.75 Å². The molecule has 0 unspecified atom stereocenters. The number of urea groups is 1. The highest BCUT2D eigenvalue weighted by Crippen LogP contribution is 2.22. The molecule has 0 atom stereocenters. The molecule has 0 spiro atoms. The first kappa shape index (κ1) is 21.3. The van der Waals surface area contributed by atoms with Crippen molar-refractivity contribution in [2.24, 2.45) is 0 Å². The van der Waals surface area contributed by atoms with Crippen molar-refractivity contribution in [2.75, 3.05) is 23.9 Å². The molecular weight excluding hydrogens is 354 g/mol. The van der Waals surface area contributed by atoms with Crippen molar-refractivity contribution in [1.82, 2.24) is 5.32 Å². The molecule has 0 bridgehead atoms. The van der Waals surface area contributed by atoms with Crippen LogP contribution in [0.15, 0.2) is 36.4 Å². The van der Waals surface area contributed by atoms with Crippen LogP contribution in [0.3, 0.4) is 0 Å². The molecule has 0 heterocycles. The van der Waals surface area contributed by atoms with E-state index in [9.17, 15) is 9.59 Å². The van der Waals surface area contributed by atoms with E-state index in [-0.39, 0.29) is 24.6 Å². The van der Waals surface area contributed by atoms with E-state index in [0.29, 0.717) is 5.75 Å². The lowest BCUT2D eigenvalue weighted by Crippen LogP contribution is -2.40. The Labute approximate surface area is 166 Å². The molecule has 28 heavy (non-hydrogen) atoms. The summed E-state index contributed by atoms with van der Waals surface area (Å²) in [6.07, 6.45) is 0. The molecular formula is C22H29N3O3. The summed E-state index contributed by atoms with van der Waals surface area (Å²) in [6, 6.07) is 11.0. The van der Waals surface area contributed by atoms with Crippen molar-refractivity contribution in [3.05, 3.63) is 53.1 Å². The fourth-order valence-corrected chi connectivity index (χ4v) is 2.93. The molecule has 6 heteroatoms. The Morgan fingerprint density at radius 1 is 1.04 bits per heavy atom. The van der Waals surface area contributed by atoms with Crippen molar-refractivity contribution < 1.29 is 14.3 Å². The van der Waals surface area contributed by atoms with Crippen LogP contribution in [-0.4, -0.2) is 31.6 Å². The summed E-state index contributed by atoms with van der Waals surface area (Å²) in [5, 5.41) is 5.75. The van der Waals surface area contributed by atoms with Gasteiger partial charge >= 0.3 is 6.03 Å². The van der Waals surface area contributed by atoms with Gasteiger partial charge < -0.3 is 15.4 Å². The number of carbonyl (C=O) groups excluding carboxylic acids is 2. The van der Waals surface area contributed by atoms with Crippen LogP contribution >= 0.6 is 0 Å². The van der Waals surface area contributed by atoms with Gasteiger partial charge in [-0.2, -0.15) is 0 Å². The standard InChI is InChI=1S/C22H29N3O3/c1-14(2)23-22(27)25(6)18-7-9-19(10-8-18)28-13-20(26)24-21-16(4)11-15(3)12-17(21)5/h7-12,14H,13H2,1-6H3,(H,23,27)(H,24,26). The lowest BCUT2D eigenvalue weighted by Gasteiger charge is -2.20. The molecule has 0 fully saturated rings. The molecule has 0 aliphatic heterocycles. The van der Waals surface area contributed by atoms with Gasteiger partial charge in [-0.1, -0.05) is 17.7 Å².